The van der Waals surface area contributed by atoms with Crippen molar-refractivity contribution in [2.75, 3.05) is 26.2 Å². The van der Waals surface area contributed by atoms with Gasteiger partial charge in [-0.15, -0.1) is 0 Å². The number of carbonyl (C=O) groups is 1. The second-order valence-electron chi connectivity index (χ2n) is 6.52. The van der Waals surface area contributed by atoms with Crippen LogP contribution < -0.4 is 0 Å². The minimum atomic E-state index is -0.696. The summed E-state index contributed by atoms with van der Waals surface area (Å²) in [6, 6.07) is 0.407. The average molecular weight is 282 g/mol. The molecule has 0 spiro atoms. The van der Waals surface area contributed by atoms with E-state index in [1.165, 1.54) is 38.5 Å². The maximum absolute atomic E-state index is 11.0. The van der Waals surface area contributed by atoms with Gasteiger partial charge in [-0.05, 0) is 32.1 Å². The van der Waals surface area contributed by atoms with Gasteiger partial charge in [0.05, 0.1) is 0 Å². The summed E-state index contributed by atoms with van der Waals surface area (Å²) in [7, 11) is 0. The van der Waals surface area contributed by atoms with Gasteiger partial charge in [0.2, 0.25) is 0 Å². The SMILES string of the molecule is CCC1CCCC(N2CCN(C(C)C(=O)O)CC2)CC1. The van der Waals surface area contributed by atoms with E-state index in [0.29, 0.717) is 0 Å². The molecule has 2 aliphatic rings. The van der Waals surface area contributed by atoms with Crippen molar-refractivity contribution in [1.29, 1.82) is 0 Å². The first-order valence-corrected chi connectivity index (χ1v) is 8.32. The highest BCUT2D eigenvalue weighted by Gasteiger charge is 2.29. The fraction of sp³-hybridized carbons (Fsp3) is 0.938. The van der Waals surface area contributed by atoms with Crippen LogP contribution in [0.3, 0.4) is 0 Å². The zero-order chi connectivity index (χ0) is 14.5. The zero-order valence-corrected chi connectivity index (χ0v) is 13.1. The number of rotatable bonds is 4. The molecule has 0 amide bonds. The summed E-state index contributed by atoms with van der Waals surface area (Å²) in [6.07, 6.45) is 8.17. The molecular weight excluding hydrogens is 252 g/mol. The number of nitrogens with zero attached hydrogens (tertiary/aromatic N) is 2. The third kappa shape index (κ3) is 3.95. The molecule has 0 aromatic rings. The van der Waals surface area contributed by atoms with Crippen LogP contribution in [0.15, 0.2) is 0 Å². The highest BCUT2D eigenvalue weighted by molar-refractivity contribution is 5.72. The van der Waals surface area contributed by atoms with E-state index in [-0.39, 0.29) is 6.04 Å². The highest BCUT2D eigenvalue weighted by Crippen LogP contribution is 2.28. The molecule has 3 atom stereocenters. The average Bonchev–Trinajstić information content (AvgIpc) is 2.72. The number of carboxylic acid groups (broad SMARTS) is 1. The largest absolute Gasteiger partial charge is 0.480 e. The van der Waals surface area contributed by atoms with E-state index in [1.807, 2.05) is 0 Å². The van der Waals surface area contributed by atoms with E-state index < -0.39 is 5.97 Å². The van der Waals surface area contributed by atoms with Crippen molar-refractivity contribution in [2.24, 2.45) is 5.92 Å². The molecule has 1 saturated heterocycles. The smallest absolute Gasteiger partial charge is 0.320 e. The lowest BCUT2D eigenvalue weighted by atomic mass is 9.97. The summed E-state index contributed by atoms with van der Waals surface area (Å²) in [5, 5.41) is 9.09. The Bertz CT molecular complexity index is 314. The number of piperazine rings is 1. The molecule has 1 saturated carbocycles. The molecule has 20 heavy (non-hydrogen) atoms. The van der Waals surface area contributed by atoms with E-state index in [9.17, 15) is 4.79 Å². The lowest BCUT2D eigenvalue weighted by Crippen LogP contribution is -2.54. The molecule has 0 radical (unpaired) electrons. The molecular formula is C16H30N2O2. The summed E-state index contributed by atoms with van der Waals surface area (Å²) in [5.41, 5.74) is 0. The molecule has 4 heteroatoms. The Balaban J connectivity index is 1.80. The first kappa shape index (κ1) is 15.8. The van der Waals surface area contributed by atoms with Gasteiger partial charge < -0.3 is 5.11 Å². The molecule has 1 aliphatic heterocycles. The minimum absolute atomic E-state index is 0.337. The van der Waals surface area contributed by atoms with Gasteiger partial charge in [-0.3, -0.25) is 14.6 Å². The van der Waals surface area contributed by atoms with Crippen molar-refractivity contribution in [2.45, 2.75) is 64.5 Å². The van der Waals surface area contributed by atoms with E-state index in [1.54, 1.807) is 6.92 Å². The van der Waals surface area contributed by atoms with Gasteiger partial charge in [0.25, 0.3) is 0 Å². The number of aliphatic carboxylic acids is 1. The fourth-order valence-corrected chi connectivity index (χ4v) is 3.78. The molecule has 116 valence electrons. The van der Waals surface area contributed by atoms with Crippen LogP contribution in [0.2, 0.25) is 0 Å². The second kappa shape index (κ2) is 7.41. The van der Waals surface area contributed by atoms with Gasteiger partial charge in [-0.1, -0.05) is 26.2 Å². The summed E-state index contributed by atoms with van der Waals surface area (Å²) < 4.78 is 0. The van der Waals surface area contributed by atoms with Crippen molar-refractivity contribution in [3.8, 4) is 0 Å². The third-order valence-corrected chi connectivity index (χ3v) is 5.41. The molecule has 0 bridgehead atoms. The van der Waals surface area contributed by atoms with Crippen LogP contribution in [0.25, 0.3) is 0 Å². The summed E-state index contributed by atoms with van der Waals surface area (Å²) in [4.78, 5) is 15.8. The predicted molar refractivity (Wildman–Crippen MR) is 80.9 cm³/mol. The van der Waals surface area contributed by atoms with E-state index in [2.05, 4.69) is 16.7 Å². The number of carboxylic acids is 1. The molecule has 3 unspecified atom stereocenters. The van der Waals surface area contributed by atoms with Crippen molar-refractivity contribution in [1.82, 2.24) is 9.80 Å². The Morgan fingerprint density at radius 2 is 1.85 bits per heavy atom. The lowest BCUT2D eigenvalue weighted by molar-refractivity contribution is -0.143. The fourth-order valence-electron chi connectivity index (χ4n) is 3.78. The normalized spacial score (nSPS) is 31.7. The van der Waals surface area contributed by atoms with E-state index in [0.717, 1.165) is 38.1 Å². The Labute approximate surface area is 123 Å². The van der Waals surface area contributed by atoms with Crippen molar-refractivity contribution < 1.29 is 9.90 Å². The molecule has 1 aliphatic carbocycles. The van der Waals surface area contributed by atoms with Crippen LogP contribution in [0.5, 0.6) is 0 Å². The van der Waals surface area contributed by atoms with Crippen molar-refractivity contribution >= 4 is 5.97 Å². The Morgan fingerprint density at radius 1 is 1.15 bits per heavy atom. The van der Waals surface area contributed by atoms with Crippen LogP contribution >= 0.6 is 0 Å². The molecule has 1 N–H and O–H groups in total. The Hall–Kier alpha value is -0.610. The number of hydrogen-bond donors (Lipinski definition) is 1. The van der Waals surface area contributed by atoms with Crippen molar-refractivity contribution in [3.05, 3.63) is 0 Å². The maximum Gasteiger partial charge on any atom is 0.320 e. The van der Waals surface area contributed by atoms with Gasteiger partial charge in [0.15, 0.2) is 0 Å². The number of hydrogen-bond acceptors (Lipinski definition) is 3. The van der Waals surface area contributed by atoms with Crippen LogP contribution in [-0.4, -0.2) is 59.1 Å². The Kier molecular flexibility index (Phi) is 5.85. The zero-order valence-electron chi connectivity index (χ0n) is 13.1. The quantitative estimate of drug-likeness (QED) is 0.804. The van der Waals surface area contributed by atoms with Gasteiger partial charge in [0, 0.05) is 32.2 Å². The van der Waals surface area contributed by atoms with Crippen LogP contribution in [0.4, 0.5) is 0 Å². The first-order valence-electron chi connectivity index (χ1n) is 8.32. The van der Waals surface area contributed by atoms with Crippen molar-refractivity contribution in [3.63, 3.8) is 0 Å². The first-order chi connectivity index (χ1) is 9.61. The van der Waals surface area contributed by atoms with Gasteiger partial charge in [0.1, 0.15) is 6.04 Å². The monoisotopic (exact) mass is 282 g/mol. The second-order valence-corrected chi connectivity index (χ2v) is 6.52. The van der Waals surface area contributed by atoms with Crippen LogP contribution in [0, 0.1) is 5.92 Å². The molecule has 0 aromatic heterocycles. The van der Waals surface area contributed by atoms with Crippen LogP contribution in [0.1, 0.15) is 52.4 Å². The Morgan fingerprint density at radius 3 is 2.45 bits per heavy atom. The van der Waals surface area contributed by atoms with Gasteiger partial charge in [-0.2, -0.15) is 0 Å². The third-order valence-electron chi connectivity index (χ3n) is 5.41. The van der Waals surface area contributed by atoms with Gasteiger partial charge in [-0.25, -0.2) is 0 Å². The molecule has 1 heterocycles. The lowest BCUT2D eigenvalue weighted by Gasteiger charge is -2.40. The summed E-state index contributed by atoms with van der Waals surface area (Å²) in [6.45, 7) is 8.01. The molecule has 0 aromatic carbocycles. The van der Waals surface area contributed by atoms with E-state index in [4.69, 9.17) is 5.11 Å². The topological polar surface area (TPSA) is 43.8 Å². The predicted octanol–water partition coefficient (Wildman–Crippen LogP) is 2.44. The standard InChI is InChI=1S/C16H30N2O2/c1-3-14-5-4-6-15(8-7-14)18-11-9-17(10-12-18)13(2)16(19)20/h13-15H,3-12H2,1-2H3,(H,19,20). The summed E-state index contributed by atoms with van der Waals surface area (Å²) in [5.74, 6) is 0.243. The molecule has 2 rings (SSSR count). The molecule has 2 fully saturated rings. The maximum atomic E-state index is 11.0. The van der Waals surface area contributed by atoms with E-state index >= 15 is 0 Å². The van der Waals surface area contributed by atoms with Crippen LogP contribution in [-0.2, 0) is 4.79 Å². The summed E-state index contributed by atoms with van der Waals surface area (Å²) >= 11 is 0. The molecule has 4 nitrogen and oxygen atoms in total. The highest BCUT2D eigenvalue weighted by atomic mass is 16.4. The van der Waals surface area contributed by atoms with Gasteiger partial charge >= 0.3 is 5.97 Å². The minimum Gasteiger partial charge on any atom is -0.480 e.